The molecule has 1 aliphatic carbocycles. The van der Waals surface area contributed by atoms with Gasteiger partial charge < -0.3 is 19.6 Å². The fourth-order valence-corrected chi connectivity index (χ4v) is 3.79. The quantitative estimate of drug-likeness (QED) is 0.779. The largest absolute Gasteiger partial charge is 0.481 e. The molecular weight excluding hydrogens is 260 g/mol. The van der Waals surface area contributed by atoms with Crippen LogP contribution < -0.4 is 0 Å². The molecular formula is C14H22N2O4. The Bertz CT molecular complexity index is 414. The van der Waals surface area contributed by atoms with Crippen LogP contribution in [0.1, 0.15) is 26.2 Å². The van der Waals surface area contributed by atoms with Crippen LogP contribution in [0.5, 0.6) is 0 Å². The number of urea groups is 1. The summed E-state index contributed by atoms with van der Waals surface area (Å²) in [6.45, 7) is 4.01. The fourth-order valence-electron chi connectivity index (χ4n) is 3.79. The van der Waals surface area contributed by atoms with E-state index >= 15 is 0 Å². The van der Waals surface area contributed by atoms with E-state index in [0.29, 0.717) is 26.2 Å². The molecule has 112 valence electrons. The molecule has 0 aromatic carbocycles. The molecule has 0 radical (unpaired) electrons. The Morgan fingerprint density at radius 1 is 1.25 bits per heavy atom. The van der Waals surface area contributed by atoms with Crippen molar-refractivity contribution >= 4 is 12.0 Å². The number of rotatable bonds is 1. The van der Waals surface area contributed by atoms with Crippen LogP contribution in [0.15, 0.2) is 0 Å². The lowest BCUT2D eigenvalue weighted by Gasteiger charge is -2.39. The summed E-state index contributed by atoms with van der Waals surface area (Å²) in [4.78, 5) is 27.5. The first-order valence-corrected chi connectivity index (χ1v) is 7.48. The second-order valence-corrected chi connectivity index (χ2v) is 6.21. The second kappa shape index (κ2) is 5.24. The van der Waals surface area contributed by atoms with Gasteiger partial charge in [0, 0.05) is 19.6 Å². The lowest BCUT2D eigenvalue weighted by atomic mass is 9.99. The third-order valence-corrected chi connectivity index (χ3v) is 4.93. The number of fused-ring (bicyclic) bond motifs is 1. The van der Waals surface area contributed by atoms with Crippen molar-refractivity contribution < 1.29 is 19.4 Å². The van der Waals surface area contributed by atoms with Crippen molar-refractivity contribution in [1.29, 1.82) is 0 Å². The van der Waals surface area contributed by atoms with Gasteiger partial charge in [0.15, 0.2) is 0 Å². The van der Waals surface area contributed by atoms with Crippen LogP contribution in [-0.4, -0.2) is 65.3 Å². The molecule has 4 atom stereocenters. The molecule has 6 heteroatoms. The van der Waals surface area contributed by atoms with E-state index in [1.165, 1.54) is 0 Å². The van der Waals surface area contributed by atoms with Gasteiger partial charge in [0.05, 0.1) is 24.7 Å². The van der Waals surface area contributed by atoms with Crippen molar-refractivity contribution in [3.8, 4) is 0 Å². The Morgan fingerprint density at radius 3 is 2.75 bits per heavy atom. The molecule has 2 amide bonds. The number of hydrogen-bond acceptors (Lipinski definition) is 3. The number of morpholine rings is 1. The molecule has 6 nitrogen and oxygen atoms in total. The van der Waals surface area contributed by atoms with E-state index in [-0.39, 0.29) is 24.1 Å². The summed E-state index contributed by atoms with van der Waals surface area (Å²) in [6.07, 6.45) is 3.32. The average molecular weight is 282 g/mol. The van der Waals surface area contributed by atoms with Gasteiger partial charge in [-0.1, -0.05) is 6.92 Å². The normalized spacial score (nSPS) is 37.0. The zero-order valence-corrected chi connectivity index (χ0v) is 11.8. The molecule has 0 bridgehead atoms. The summed E-state index contributed by atoms with van der Waals surface area (Å²) < 4.78 is 5.72. The summed E-state index contributed by atoms with van der Waals surface area (Å²) in [5.41, 5.74) is 0. The summed E-state index contributed by atoms with van der Waals surface area (Å²) in [5, 5.41) is 9.17. The summed E-state index contributed by atoms with van der Waals surface area (Å²) in [5.74, 6) is -1.20. The molecule has 2 aliphatic heterocycles. The lowest BCUT2D eigenvalue weighted by molar-refractivity contribution is -0.142. The van der Waals surface area contributed by atoms with E-state index in [2.05, 4.69) is 0 Å². The third kappa shape index (κ3) is 2.26. The highest BCUT2D eigenvalue weighted by Crippen LogP contribution is 2.32. The minimum atomic E-state index is -0.798. The smallest absolute Gasteiger partial charge is 0.320 e. The van der Waals surface area contributed by atoms with E-state index in [0.717, 1.165) is 19.3 Å². The van der Waals surface area contributed by atoms with Gasteiger partial charge in [-0.15, -0.1) is 0 Å². The van der Waals surface area contributed by atoms with Gasteiger partial charge in [-0.3, -0.25) is 4.79 Å². The molecule has 2 heterocycles. The fraction of sp³-hybridized carbons (Fsp3) is 0.857. The molecule has 3 fully saturated rings. The molecule has 0 aromatic heterocycles. The van der Waals surface area contributed by atoms with Crippen molar-refractivity contribution in [3.63, 3.8) is 0 Å². The number of likely N-dealkylation sites (tertiary alicyclic amines) is 1. The summed E-state index contributed by atoms with van der Waals surface area (Å²) in [6, 6.07) is 0.191. The maximum Gasteiger partial charge on any atom is 0.320 e. The maximum atomic E-state index is 12.7. The molecule has 4 unspecified atom stereocenters. The molecule has 0 aromatic rings. The number of hydrogen-bond donors (Lipinski definition) is 1. The minimum Gasteiger partial charge on any atom is -0.481 e. The number of carboxylic acid groups (broad SMARTS) is 1. The molecule has 0 spiro atoms. The number of carbonyl (C=O) groups excluding carboxylic acids is 1. The maximum absolute atomic E-state index is 12.7. The first-order valence-electron chi connectivity index (χ1n) is 7.48. The second-order valence-electron chi connectivity index (χ2n) is 6.21. The Hall–Kier alpha value is -1.30. The topological polar surface area (TPSA) is 70.1 Å². The summed E-state index contributed by atoms with van der Waals surface area (Å²) in [7, 11) is 0. The van der Waals surface area contributed by atoms with Gasteiger partial charge in [-0.2, -0.15) is 0 Å². The summed E-state index contributed by atoms with van der Waals surface area (Å²) >= 11 is 0. The zero-order chi connectivity index (χ0) is 14.3. The van der Waals surface area contributed by atoms with E-state index in [9.17, 15) is 14.7 Å². The lowest BCUT2D eigenvalue weighted by Crippen LogP contribution is -2.55. The number of ether oxygens (including phenoxy) is 1. The Balaban J connectivity index is 1.68. The van der Waals surface area contributed by atoms with Crippen molar-refractivity contribution in [3.05, 3.63) is 0 Å². The monoisotopic (exact) mass is 282 g/mol. The number of nitrogens with zero attached hydrogens (tertiary/aromatic N) is 2. The molecule has 1 N–H and O–H groups in total. The SMILES string of the molecule is CC1CN(C(=O)N2CCOC3CCCC32)CC1C(=O)O. The van der Waals surface area contributed by atoms with Crippen molar-refractivity contribution in [2.75, 3.05) is 26.2 Å². The number of aliphatic carboxylic acids is 1. The van der Waals surface area contributed by atoms with E-state index < -0.39 is 11.9 Å². The molecule has 1 saturated carbocycles. The highest BCUT2D eigenvalue weighted by molar-refractivity contribution is 5.78. The van der Waals surface area contributed by atoms with Gasteiger partial charge in [-0.25, -0.2) is 4.79 Å². The van der Waals surface area contributed by atoms with Gasteiger partial charge in [-0.05, 0) is 25.2 Å². The predicted octanol–water partition coefficient (Wildman–Crippen LogP) is 1.01. The van der Waals surface area contributed by atoms with Gasteiger partial charge in [0.2, 0.25) is 0 Å². The molecule has 20 heavy (non-hydrogen) atoms. The number of carbonyl (C=O) groups is 2. The standard InChI is InChI=1S/C14H22N2O4/c1-9-7-15(8-10(9)13(17)18)14(19)16-5-6-20-12-4-2-3-11(12)16/h9-12H,2-8H2,1H3,(H,17,18). The van der Waals surface area contributed by atoms with Crippen LogP contribution in [0.2, 0.25) is 0 Å². The third-order valence-electron chi connectivity index (χ3n) is 4.93. The van der Waals surface area contributed by atoms with Crippen LogP contribution in [0.25, 0.3) is 0 Å². The molecule has 2 saturated heterocycles. The van der Waals surface area contributed by atoms with Crippen LogP contribution in [0.4, 0.5) is 4.79 Å². The highest BCUT2D eigenvalue weighted by atomic mass is 16.5. The average Bonchev–Trinajstić information content (AvgIpc) is 3.03. The van der Waals surface area contributed by atoms with E-state index in [1.54, 1.807) is 4.90 Å². The Kier molecular flexibility index (Phi) is 3.58. The minimum absolute atomic E-state index is 0.000741. The Morgan fingerprint density at radius 2 is 2.05 bits per heavy atom. The zero-order valence-electron chi connectivity index (χ0n) is 11.8. The predicted molar refractivity (Wildman–Crippen MR) is 71.3 cm³/mol. The van der Waals surface area contributed by atoms with Gasteiger partial charge in [0.25, 0.3) is 0 Å². The van der Waals surface area contributed by atoms with Crippen LogP contribution in [-0.2, 0) is 9.53 Å². The van der Waals surface area contributed by atoms with Crippen LogP contribution in [0, 0.1) is 11.8 Å². The first-order chi connectivity index (χ1) is 9.58. The first kappa shape index (κ1) is 13.7. The highest BCUT2D eigenvalue weighted by Gasteiger charge is 2.43. The van der Waals surface area contributed by atoms with E-state index in [1.807, 2.05) is 11.8 Å². The van der Waals surface area contributed by atoms with Crippen LogP contribution in [0.3, 0.4) is 0 Å². The number of carboxylic acids is 1. The van der Waals surface area contributed by atoms with Crippen LogP contribution >= 0.6 is 0 Å². The van der Waals surface area contributed by atoms with Crippen molar-refractivity contribution in [2.24, 2.45) is 11.8 Å². The van der Waals surface area contributed by atoms with Gasteiger partial charge >= 0.3 is 12.0 Å². The molecule has 3 aliphatic rings. The molecule has 3 rings (SSSR count). The Labute approximate surface area is 118 Å². The van der Waals surface area contributed by atoms with E-state index in [4.69, 9.17) is 4.74 Å². The van der Waals surface area contributed by atoms with Crippen molar-refractivity contribution in [2.45, 2.75) is 38.3 Å². The van der Waals surface area contributed by atoms with Crippen molar-refractivity contribution in [1.82, 2.24) is 9.80 Å². The van der Waals surface area contributed by atoms with Gasteiger partial charge in [0.1, 0.15) is 0 Å². The number of amides is 2.